The van der Waals surface area contributed by atoms with E-state index in [-0.39, 0.29) is 5.91 Å². The summed E-state index contributed by atoms with van der Waals surface area (Å²) in [5.74, 6) is 0.895. The van der Waals surface area contributed by atoms with Crippen molar-refractivity contribution in [2.24, 2.45) is 5.10 Å². The van der Waals surface area contributed by atoms with Gasteiger partial charge in [-0.05, 0) is 36.2 Å². The van der Waals surface area contributed by atoms with Crippen LogP contribution in [0.3, 0.4) is 0 Å². The summed E-state index contributed by atoms with van der Waals surface area (Å²) in [7, 11) is 0. The molecule has 1 aliphatic heterocycles. The van der Waals surface area contributed by atoms with Gasteiger partial charge in [0.25, 0.3) is 0 Å². The fourth-order valence-corrected chi connectivity index (χ4v) is 2.85. The highest BCUT2D eigenvalue weighted by atomic mass is 16.5. The SMILES string of the molecule is CCCCCCCCCCOc1ccc(C2=NNC(=O)CC2)cc1. The molecule has 0 radical (unpaired) electrons. The van der Waals surface area contributed by atoms with Gasteiger partial charge in [-0.2, -0.15) is 5.10 Å². The first kappa shape index (κ1) is 18.5. The van der Waals surface area contributed by atoms with Crippen molar-refractivity contribution in [2.75, 3.05) is 6.61 Å². The molecule has 1 aromatic carbocycles. The van der Waals surface area contributed by atoms with Gasteiger partial charge in [0.2, 0.25) is 5.91 Å². The van der Waals surface area contributed by atoms with Gasteiger partial charge in [-0.1, -0.05) is 51.9 Å². The summed E-state index contributed by atoms with van der Waals surface area (Å²) in [5.41, 5.74) is 4.52. The summed E-state index contributed by atoms with van der Waals surface area (Å²) in [5, 5.41) is 4.11. The molecule has 1 heterocycles. The van der Waals surface area contributed by atoms with E-state index in [1.54, 1.807) is 0 Å². The minimum absolute atomic E-state index is 0.0101. The van der Waals surface area contributed by atoms with E-state index in [0.717, 1.165) is 30.1 Å². The number of hydrazone groups is 1. The summed E-state index contributed by atoms with van der Waals surface area (Å²) in [6, 6.07) is 8.00. The number of unbranched alkanes of at least 4 members (excludes halogenated alkanes) is 7. The maximum Gasteiger partial charge on any atom is 0.240 e. The molecule has 0 spiro atoms. The van der Waals surface area contributed by atoms with Gasteiger partial charge in [0.1, 0.15) is 5.75 Å². The molecule has 1 aromatic rings. The van der Waals surface area contributed by atoms with Gasteiger partial charge in [0.05, 0.1) is 12.3 Å². The molecule has 1 N–H and O–H groups in total. The minimum atomic E-state index is -0.0101. The second-order valence-electron chi connectivity index (χ2n) is 6.44. The van der Waals surface area contributed by atoms with Gasteiger partial charge < -0.3 is 4.74 Å². The van der Waals surface area contributed by atoms with E-state index in [1.165, 1.54) is 44.9 Å². The van der Waals surface area contributed by atoms with E-state index in [2.05, 4.69) is 17.5 Å². The zero-order valence-electron chi connectivity index (χ0n) is 14.9. The van der Waals surface area contributed by atoms with Crippen LogP contribution < -0.4 is 10.2 Å². The van der Waals surface area contributed by atoms with Crippen LogP contribution in [0.1, 0.15) is 76.7 Å². The van der Waals surface area contributed by atoms with Crippen molar-refractivity contribution in [3.8, 4) is 5.75 Å². The average Bonchev–Trinajstić information content (AvgIpc) is 2.62. The van der Waals surface area contributed by atoms with Gasteiger partial charge >= 0.3 is 0 Å². The van der Waals surface area contributed by atoms with Gasteiger partial charge in [0.15, 0.2) is 0 Å². The summed E-state index contributed by atoms with van der Waals surface area (Å²) >= 11 is 0. The normalized spacial score (nSPS) is 14.2. The van der Waals surface area contributed by atoms with Crippen LogP contribution in [-0.2, 0) is 4.79 Å². The highest BCUT2D eigenvalue weighted by Gasteiger charge is 2.12. The van der Waals surface area contributed by atoms with Gasteiger partial charge in [0, 0.05) is 12.8 Å². The molecule has 0 unspecified atom stereocenters. The number of carbonyl (C=O) groups is 1. The van der Waals surface area contributed by atoms with Crippen molar-refractivity contribution in [1.29, 1.82) is 0 Å². The third kappa shape index (κ3) is 6.73. The van der Waals surface area contributed by atoms with Crippen molar-refractivity contribution in [1.82, 2.24) is 5.43 Å². The second-order valence-corrected chi connectivity index (χ2v) is 6.44. The fraction of sp³-hybridized carbons (Fsp3) is 0.600. The molecule has 0 aliphatic carbocycles. The molecule has 1 aliphatic rings. The predicted octanol–water partition coefficient (Wildman–Crippen LogP) is 4.82. The van der Waals surface area contributed by atoms with Gasteiger partial charge in [-0.15, -0.1) is 0 Å². The smallest absolute Gasteiger partial charge is 0.240 e. The summed E-state index contributed by atoms with van der Waals surface area (Å²) in [6.07, 6.45) is 11.7. The van der Waals surface area contributed by atoms with E-state index >= 15 is 0 Å². The molecule has 0 atom stereocenters. The maximum atomic E-state index is 11.1. The van der Waals surface area contributed by atoms with Crippen molar-refractivity contribution in [3.05, 3.63) is 29.8 Å². The van der Waals surface area contributed by atoms with Crippen LogP contribution in [0.5, 0.6) is 5.75 Å². The zero-order valence-corrected chi connectivity index (χ0v) is 14.9. The van der Waals surface area contributed by atoms with Crippen LogP contribution in [0.25, 0.3) is 0 Å². The van der Waals surface area contributed by atoms with Crippen LogP contribution in [0.4, 0.5) is 0 Å². The lowest BCUT2D eigenvalue weighted by Crippen LogP contribution is -2.25. The molecule has 0 saturated carbocycles. The Hall–Kier alpha value is -1.84. The Balaban J connectivity index is 1.60. The number of amides is 1. The van der Waals surface area contributed by atoms with Crippen molar-refractivity contribution < 1.29 is 9.53 Å². The van der Waals surface area contributed by atoms with E-state index in [1.807, 2.05) is 24.3 Å². The zero-order chi connectivity index (χ0) is 17.0. The third-order valence-corrected chi connectivity index (χ3v) is 4.36. The van der Waals surface area contributed by atoms with Crippen LogP contribution in [0.15, 0.2) is 29.4 Å². The fourth-order valence-electron chi connectivity index (χ4n) is 2.85. The Labute approximate surface area is 145 Å². The number of nitrogens with zero attached hydrogens (tertiary/aromatic N) is 1. The summed E-state index contributed by atoms with van der Waals surface area (Å²) in [4.78, 5) is 11.1. The number of benzene rings is 1. The number of carbonyl (C=O) groups excluding carboxylic acids is 1. The molecular formula is C20H30N2O2. The number of hydrogen-bond acceptors (Lipinski definition) is 3. The number of rotatable bonds is 11. The first-order chi connectivity index (χ1) is 11.8. The second kappa shape index (κ2) is 10.8. The standard InChI is InChI=1S/C20H30N2O2/c1-2-3-4-5-6-7-8-9-16-24-18-12-10-17(11-13-18)19-14-15-20(23)22-21-19/h10-13H,2-9,14-16H2,1H3,(H,22,23). The molecular weight excluding hydrogens is 300 g/mol. The number of ether oxygens (including phenoxy) is 1. The minimum Gasteiger partial charge on any atom is -0.494 e. The van der Waals surface area contributed by atoms with Crippen molar-refractivity contribution in [2.45, 2.75) is 71.1 Å². The van der Waals surface area contributed by atoms with Crippen LogP contribution in [0, 0.1) is 0 Å². The first-order valence-corrected chi connectivity index (χ1v) is 9.38. The molecule has 24 heavy (non-hydrogen) atoms. The topological polar surface area (TPSA) is 50.7 Å². The van der Waals surface area contributed by atoms with Gasteiger partial charge in [-0.3, -0.25) is 4.79 Å². The average molecular weight is 330 g/mol. The first-order valence-electron chi connectivity index (χ1n) is 9.38. The molecule has 0 aromatic heterocycles. The molecule has 4 heteroatoms. The molecule has 4 nitrogen and oxygen atoms in total. The Morgan fingerprint density at radius 1 is 0.958 bits per heavy atom. The largest absolute Gasteiger partial charge is 0.494 e. The summed E-state index contributed by atoms with van der Waals surface area (Å²) in [6.45, 7) is 3.04. The van der Waals surface area contributed by atoms with Crippen LogP contribution in [0.2, 0.25) is 0 Å². The lowest BCUT2D eigenvalue weighted by molar-refractivity contribution is -0.121. The van der Waals surface area contributed by atoms with E-state index in [4.69, 9.17) is 4.74 Å². The van der Waals surface area contributed by atoms with E-state index in [0.29, 0.717) is 12.8 Å². The van der Waals surface area contributed by atoms with E-state index in [9.17, 15) is 4.79 Å². The highest BCUT2D eigenvalue weighted by molar-refractivity contribution is 6.04. The Morgan fingerprint density at radius 2 is 1.62 bits per heavy atom. The Kier molecular flexibility index (Phi) is 8.36. The monoisotopic (exact) mass is 330 g/mol. The summed E-state index contributed by atoms with van der Waals surface area (Å²) < 4.78 is 5.80. The maximum absolute atomic E-state index is 11.1. The highest BCUT2D eigenvalue weighted by Crippen LogP contribution is 2.16. The Bertz CT molecular complexity index is 523. The van der Waals surface area contributed by atoms with Crippen molar-refractivity contribution in [3.63, 3.8) is 0 Å². The molecule has 132 valence electrons. The number of nitrogens with one attached hydrogen (secondary N) is 1. The lowest BCUT2D eigenvalue weighted by Gasteiger charge is -2.12. The van der Waals surface area contributed by atoms with Gasteiger partial charge in [-0.25, -0.2) is 5.43 Å². The molecule has 0 bridgehead atoms. The Morgan fingerprint density at radius 3 is 2.25 bits per heavy atom. The quantitative estimate of drug-likeness (QED) is 0.591. The molecule has 0 saturated heterocycles. The molecule has 2 rings (SSSR count). The third-order valence-electron chi connectivity index (χ3n) is 4.36. The molecule has 0 fully saturated rings. The van der Waals surface area contributed by atoms with Crippen LogP contribution >= 0.6 is 0 Å². The van der Waals surface area contributed by atoms with Crippen LogP contribution in [-0.4, -0.2) is 18.2 Å². The predicted molar refractivity (Wildman–Crippen MR) is 98.5 cm³/mol. The number of hydrogen-bond donors (Lipinski definition) is 1. The lowest BCUT2D eigenvalue weighted by atomic mass is 10.0. The van der Waals surface area contributed by atoms with E-state index < -0.39 is 0 Å². The van der Waals surface area contributed by atoms with Crippen molar-refractivity contribution >= 4 is 11.6 Å². The molecule has 1 amide bonds.